The van der Waals surface area contributed by atoms with Crippen molar-refractivity contribution in [1.82, 2.24) is 0 Å². The van der Waals surface area contributed by atoms with Crippen LogP contribution in [0.15, 0.2) is 11.5 Å². The summed E-state index contributed by atoms with van der Waals surface area (Å²) in [5, 5.41) is 9.83. The van der Waals surface area contributed by atoms with Crippen LogP contribution in [0.2, 0.25) is 0 Å². The first-order chi connectivity index (χ1) is 5.14. The summed E-state index contributed by atoms with van der Waals surface area (Å²) in [5.41, 5.74) is 0. The SMILES string of the molecule is O=S1(=O)C=CC(CCO)CC1. The second kappa shape index (κ2) is 3.36. The van der Waals surface area contributed by atoms with Gasteiger partial charge in [0.2, 0.25) is 0 Å². The van der Waals surface area contributed by atoms with Gasteiger partial charge in [-0.3, -0.25) is 0 Å². The van der Waals surface area contributed by atoms with Crippen molar-refractivity contribution >= 4 is 9.84 Å². The van der Waals surface area contributed by atoms with Gasteiger partial charge in [-0.1, -0.05) is 6.08 Å². The molecule has 0 fully saturated rings. The molecule has 0 saturated heterocycles. The highest BCUT2D eigenvalue weighted by Crippen LogP contribution is 2.17. The first kappa shape index (κ1) is 8.74. The van der Waals surface area contributed by atoms with Crippen molar-refractivity contribution in [2.24, 2.45) is 5.92 Å². The van der Waals surface area contributed by atoms with E-state index in [2.05, 4.69) is 0 Å². The molecule has 0 saturated carbocycles. The van der Waals surface area contributed by atoms with Crippen molar-refractivity contribution in [3.63, 3.8) is 0 Å². The molecular formula is C7H12O3S. The van der Waals surface area contributed by atoms with E-state index in [0.717, 1.165) is 0 Å². The maximum absolute atomic E-state index is 10.9. The van der Waals surface area contributed by atoms with Crippen molar-refractivity contribution in [1.29, 1.82) is 0 Å². The Bertz CT molecular complexity index is 240. The second-order valence-corrected chi connectivity index (χ2v) is 4.76. The van der Waals surface area contributed by atoms with E-state index in [4.69, 9.17) is 5.11 Å². The van der Waals surface area contributed by atoms with Crippen LogP contribution in [0.25, 0.3) is 0 Å². The Balaban J connectivity index is 2.57. The van der Waals surface area contributed by atoms with Gasteiger partial charge in [0.1, 0.15) is 0 Å². The number of hydrogen-bond acceptors (Lipinski definition) is 3. The average molecular weight is 176 g/mol. The zero-order valence-corrected chi connectivity index (χ0v) is 7.05. The van der Waals surface area contributed by atoms with Gasteiger partial charge in [0, 0.05) is 12.0 Å². The number of aliphatic hydroxyl groups is 1. The fourth-order valence-corrected chi connectivity index (χ4v) is 2.35. The number of hydrogen-bond donors (Lipinski definition) is 1. The Morgan fingerprint density at radius 3 is 2.73 bits per heavy atom. The molecule has 1 aliphatic heterocycles. The predicted octanol–water partition coefficient (Wildman–Crippen LogP) is 0.317. The molecule has 64 valence electrons. The molecule has 1 unspecified atom stereocenters. The third-order valence-electron chi connectivity index (χ3n) is 1.83. The van der Waals surface area contributed by atoms with E-state index in [1.54, 1.807) is 6.08 Å². The van der Waals surface area contributed by atoms with Crippen LogP contribution in [-0.4, -0.2) is 25.9 Å². The Morgan fingerprint density at radius 1 is 1.55 bits per heavy atom. The molecule has 0 bridgehead atoms. The summed E-state index contributed by atoms with van der Waals surface area (Å²) >= 11 is 0. The second-order valence-electron chi connectivity index (χ2n) is 2.76. The van der Waals surface area contributed by atoms with Crippen LogP contribution < -0.4 is 0 Å². The summed E-state index contributed by atoms with van der Waals surface area (Å²) in [6, 6.07) is 0. The largest absolute Gasteiger partial charge is 0.396 e. The van der Waals surface area contributed by atoms with Gasteiger partial charge in [0.15, 0.2) is 9.84 Å². The fourth-order valence-electron chi connectivity index (χ4n) is 1.12. The van der Waals surface area contributed by atoms with E-state index < -0.39 is 9.84 Å². The molecule has 0 aliphatic carbocycles. The van der Waals surface area contributed by atoms with Gasteiger partial charge >= 0.3 is 0 Å². The minimum atomic E-state index is -2.90. The van der Waals surface area contributed by atoms with Gasteiger partial charge in [-0.05, 0) is 18.8 Å². The van der Waals surface area contributed by atoms with Gasteiger partial charge in [0.05, 0.1) is 5.75 Å². The third kappa shape index (κ3) is 2.63. The highest BCUT2D eigenvalue weighted by Gasteiger charge is 2.16. The Morgan fingerprint density at radius 2 is 2.27 bits per heavy atom. The third-order valence-corrected chi connectivity index (χ3v) is 3.21. The summed E-state index contributed by atoms with van der Waals surface area (Å²) in [6.45, 7) is 0.134. The van der Waals surface area contributed by atoms with E-state index in [9.17, 15) is 8.42 Å². The molecule has 3 nitrogen and oxygen atoms in total. The monoisotopic (exact) mass is 176 g/mol. The van der Waals surface area contributed by atoms with E-state index in [0.29, 0.717) is 12.8 Å². The lowest BCUT2D eigenvalue weighted by molar-refractivity contribution is 0.268. The number of allylic oxidation sites excluding steroid dienone is 1. The molecule has 1 N–H and O–H groups in total. The lowest BCUT2D eigenvalue weighted by atomic mass is 10.0. The van der Waals surface area contributed by atoms with Crippen LogP contribution in [0.4, 0.5) is 0 Å². The summed E-state index contributed by atoms with van der Waals surface area (Å²) in [7, 11) is -2.90. The van der Waals surface area contributed by atoms with E-state index in [-0.39, 0.29) is 18.3 Å². The lowest BCUT2D eigenvalue weighted by Crippen LogP contribution is -2.14. The van der Waals surface area contributed by atoms with Crippen LogP contribution in [0.1, 0.15) is 12.8 Å². The number of aliphatic hydroxyl groups excluding tert-OH is 1. The normalized spacial score (nSPS) is 28.6. The molecule has 11 heavy (non-hydrogen) atoms. The van der Waals surface area contributed by atoms with Crippen molar-refractivity contribution in [3.8, 4) is 0 Å². The topological polar surface area (TPSA) is 54.4 Å². The van der Waals surface area contributed by atoms with Crippen LogP contribution in [0.5, 0.6) is 0 Å². The van der Waals surface area contributed by atoms with Gasteiger partial charge < -0.3 is 5.11 Å². The number of sulfone groups is 1. The molecule has 1 aliphatic rings. The van der Waals surface area contributed by atoms with Crippen LogP contribution in [0.3, 0.4) is 0 Å². The van der Waals surface area contributed by atoms with E-state index in [1.165, 1.54) is 5.41 Å². The average Bonchev–Trinajstić information content (AvgIpc) is 1.94. The van der Waals surface area contributed by atoms with Crippen molar-refractivity contribution in [2.45, 2.75) is 12.8 Å². The predicted molar refractivity (Wildman–Crippen MR) is 42.7 cm³/mol. The van der Waals surface area contributed by atoms with Crippen LogP contribution in [0, 0.1) is 5.92 Å². The molecule has 1 heterocycles. The van der Waals surface area contributed by atoms with Crippen molar-refractivity contribution in [2.75, 3.05) is 12.4 Å². The minimum absolute atomic E-state index is 0.134. The molecule has 1 atom stereocenters. The standard InChI is InChI=1S/C7H12O3S/c8-4-1-7-2-5-11(9,10)6-3-7/h2,5,7-8H,1,3-4,6H2. The first-order valence-electron chi connectivity index (χ1n) is 3.66. The maximum atomic E-state index is 10.9. The Kier molecular flexibility index (Phi) is 2.67. The minimum Gasteiger partial charge on any atom is -0.396 e. The Hall–Kier alpha value is -0.350. The molecule has 1 rings (SSSR count). The molecule has 0 aromatic heterocycles. The first-order valence-corrected chi connectivity index (χ1v) is 5.37. The Labute approximate surface area is 66.7 Å². The summed E-state index contributed by atoms with van der Waals surface area (Å²) in [6.07, 6.45) is 3.00. The summed E-state index contributed by atoms with van der Waals surface area (Å²) < 4.78 is 21.7. The zero-order chi connectivity index (χ0) is 8.32. The lowest BCUT2D eigenvalue weighted by Gasteiger charge is -2.14. The quantitative estimate of drug-likeness (QED) is 0.659. The molecular weight excluding hydrogens is 164 g/mol. The van der Waals surface area contributed by atoms with Gasteiger partial charge in [-0.2, -0.15) is 0 Å². The number of rotatable bonds is 2. The maximum Gasteiger partial charge on any atom is 0.171 e. The van der Waals surface area contributed by atoms with Gasteiger partial charge in [0.25, 0.3) is 0 Å². The highest BCUT2D eigenvalue weighted by molar-refractivity contribution is 7.94. The smallest absolute Gasteiger partial charge is 0.171 e. The van der Waals surface area contributed by atoms with Crippen molar-refractivity contribution < 1.29 is 13.5 Å². The molecule has 4 heteroatoms. The van der Waals surface area contributed by atoms with E-state index in [1.807, 2.05) is 0 Å². The highest BCUT2D eigenvalue weighted by atomic mass is 32.2. The van der Waals surface area contributed by atoms with Gasteiger partial charge in [-0.15, -0.1) is 0 Å². The van der Waals surface area contributed by atoms with Crippen molar-refractivity contribution in [3.05, 3.63) is 11.5 Å². The molecule has 0 aromatic carbocycles. The molecule has 0 spiro atoms. The summed E-state index contributed by atoms with van der Waals surface area (Å²) in [5.74, 6) is 0.484. The molecule has 0 aromatic rings. The van der Waals surface area contributed by atoms with Crippen LogP contribution >= 0.6 is 0 Å². The fraction of sp³-hybridized carbons (Fsp3) is 0.714. The van der Waals surface area contributed by atoms with Gasteiger partial charge in [-0.25, -0.2) is 8.42 Å². The molecule has 0 amide bonds. The van der Waals surface area contributed by atoms with E-state index >= 15 is 0 Å². The zero-order valence-electron chi connectivity index (χ0n) is 6.23. The molecule has 0 radical (unpaired) electrons. The summed E-state index contributed by atoms with van der Waals surface area (Å²) in [4.78, 5) is 0. The van der Waals surface area contributed by atoms with Crippen LogP contribution in [-0.2, 0) is 9.84 Å².